The molecule has 0 saturated carbocycles. The van der Waals surface area contributed by atoms with Crippen LogP contribution in [0.25, 0.3) is 11.3 Å². The first-order chi connectivity index (χ1) is 14.9. The van der Waals surface area contributed by atoms with Crippen molar-refractivity contribution < 1.29 is 18.8 Å². The van der Waals surface area contributed by atoms with E-state index in [0.29, 0.717) is 41.3 Å². The summed E-state index contributed by atoms with van der Waals surface area (Å²) in [5, 5.41) is 10.1. The van der Waals surface area contributed by atoms with Gasteiger partial charge < -0.3 is 15.1 Å². The van der Waals surface area contributed by atoms with Crippen LogP contribution in [-0.2, 0) is 17.8 Å². The number of nitrogens with one attached hydrogen (secondary N) is 2. The van der Waals surface area contributed by atoms with Crippen molar-refractivity contribution in [3.63, 3.8) is 0 Å². The van der Waals surface area contributed by atoms with E-state index in [0.717, 1.165) is 10.4 Å². The van der Waals surface area contributed by atoms with E-state index < -0.39 is 5.82 Å². The SMILES string of the molecule is CN1CC(=O)Nc2sc3c(c2C1=O)CCN(C(=O)c1cc(-c2ccccc2F)n[nH]1)C3. The molecule has 8 nitrogen and oxygen atoms in total. The molecule has 2 aromatic heterocycles. The van der Waals surface area contributed by atoms with Crippen LogP contribution in [0.3, 0.4) is 0 Å². The Kier molecular flexibility index (Phi) is 4.58. The van der Waals surface area contributed by atoms with E-state index in [9.17, 15) is 18.8 Å². The van der Waals surface area contributed by atoms with E-state index in [1.807, 2.05) is 0 Å². The molecule has 31 heavy (non-hydrogen) atoms. The number of rotatable bonds is 2. The largest absolute Gasteiger partial charge is 0.332 e. The molecule has 4 heterocycles. The van der Waals surface area contributed by atoms with Crippen LogP contribution in [0.2, 0.25) is 0 Å². The summed E-state index contributed by atoms with van der Waals surface area (Å²) < 4.78 is 14.0. The highest BCUT2D eigenvalue weighted by Crippen LogP contribution is 2.39. The van der Waals surface area contributed by atoms with Crippen molar-refractivity contribution in [1.82, 2.24) is 20.0 Å². The quantitative estimate of drug-likeness (QED) is 0.641. The number of thiophene rings is 1. The first-order valence-electron chi connectivity index (χ1n) is 9.72. The number of H-pyrrole nitrogens is 1. The molecule has 2 N–H and O–H groups in total. The number of hydrogen-bond donors (Lipinski definition) is 2. The summed E-state index contributed by atoms with van der Waals surface area (Å²) >= 11 is 1.33. The van der Waals surface area contributed by atoms with Gasteiger partial charge in [-0.15, -0.1) is 11.3 Å². The van der Waals surface area contributed by atoms with Crippen molar-refractivity contribution in [3.8, 4) is 11.3 Å². The standard InChI is InChI=1S/C21H18FN5O3S/c1-26-10-17(28)23-19-18(21(26)30)12-6-7-27(9-16(12)31-19)20(29)15-8-14(24-25-15)11-4-2-3-5-13(11)22/h2-5,8H,6-7,9-10H2,1H3,(H,23,28)(H,24,25). The third kappa shape index (κ3) is 3.28. The van der Waals surface area contributed by atoms with E-state index in [1.54, 1.807) is 36.2 Å². The number of amides is 3. The van der Waals surface area contributed by atoms with Gasteiger partial charge >= 0.3 is 0 Å². The third-order valence-corrected chi connectivity index (χ3v) is 6.63. The van der Waals surface area contributed by atoms with Crippen molar-refractivity contribution in [2.75, 3.05) is 25.5 Å². The van der Waals surface area contributed by atoms with Gasteiger partial charge in [0.1, 0.15) is 16.5 Å². The number of anilines is 1. The topological polar surface area (TPSA) is 98.4 Å². The van der Waals surface area contributed by atoms with Crippen LogP contribution in [0.4, 0.5) is 9.39 Å². The molecule has 1 aromatic carbocycles. The lowest BCUT2D eigenvalue weighted by atomic mass is 10.0. The minimum atomic E-state index is -0.410. The zero-order valence-corrected chi connectivity index (χ0v) is 17.4. The molecule has 158 valence electrons. The van der Waals surface area contributed by atoms with Crippen LogP contribution in [0, 0.1) is 5.82 Å². The van der Waals surface area contributed by atoms with Gasteiger partial charge in [-0.05, 0) is 30.2 Å². The van der Waals surface area contributed by atoms with Gasteiger partial charge in [-0.3, -0.25) is 19.5 Å². The van der Waals surface area contributed by atoms with Gasteiger partial charge in [-0.2, -0.15) is 5.10 Å². The number of likely N-dealkylation sites (N-methyl/N-ethyl adjacent to an activating group) is 1. The highest BCUT2D eigenvalue weighted by atomic mass is 32.1. The number of fused-ring (bicyclic) bond motifs is 3. The molecule has 0 saturated heterocycles. The lowest BCUT2D eigenvalue weighted by molar-refractivity contribution is -0.116. The number of halogens is 1. The number of nitrogens with zero attached hydrogens (tertiary/aromatic N) is 3. The van der Waals surface area contributed by atoms with Crippen LogP contribution >= 0.6 is 11.3 Å². The normalized spacial score (nSPS) is 15.9. The maximum Gasteiger partial charge on any atom is 0.272 e. The van der Waals surface area contributed by atoms with Crippen LogP contribution in [0.1, 0.15) is 31.3 Å². The Balaban J connectivity index is 1.40. The first-order valence-corrected chi connectivity index (χ1v) is 10.5. The van der Waals surface area contributed by atoms with E-state index in [4.69, 9.17) is 0 Å². The summed E-state index contributed by atoms with van der Waals surface area (Å²) in [5.74, 6) is -1.09. The van der Waals surface area contributed by atoms with Gasteiger partial charge in [0.05, 0.1) is 24.3 Å². The van der Waals surface area contributed by atoms with E-state index in [2.05, 4.69) is 15.5 Å². The minimum absolute atomic E-state index is 0.0176. The molecule has 2 aliphatic heterocycles. The lowest BCUT2D eigenvalue weighted by Gasteiger charge is -2.27. The van der Waals surface area contributed by atoms with Crippen molar-refractivity contribution in [2.45, 2.75) is 13.0 Å². The summed E-state index contributed by atoms with van der Waals surface area (Å²) in [6.45, 7) is 0.768. The van der Waals surface area contributed by atoms with Gasteiger partial charge in [-0.1, -0.05) is 12.1 Å². The Morgan fingerprint density at radius 3 is 2.84 bits per heavy atom. The number of hydrogen-bond acceptors (Lipinski definition) is 5. The summed E-state index contributed by atoms with van der Waals surface area (Å²) in [7, 11) is 1.60. The smallest absolute Gasteiger partial charge is 0.272 e. The predicted molar refractivity (Wildman–Crippen MR) is 112 cm³/mol. The fourth-order valence-electron chi connectivity index (χ4n) is 3.94. The zero-order chi connectivity index (χ0) is 21.7. The maximum absolute atomic E-state index is 14.0. The Morgan fingerprint density at radius 1 is 1.23 bits per heavy atom. The molecule has 5 rings (SSSR count). The Bertz CT molecular complexity index is 1230. The molecule has 0 radical (unpaired) electrons. The number of aromatic nitrogens is 2. The van der Waals surface area contributed by atoms with Crippen LogP contribution in [0.15, 0.2) is 30.3 Å². The van der Waals surface area contributed by atoms with E-state index >= 15 is 0 Å². The summed E-state index contributed by atoms with van der Waals surface area (Å²) in [6.07, 6.45) is 0.511. The second-order valence-corrected chi connectivity index (χ2v) is 8.65. The molecule has 0 spiro atoms. The van der Waals surface area contributed by atoms with Gasteiger partial charge in [0.25, 0.3) is 11.8 Å². The fraction of sp³-hybridized carbons (Fsp3) is 0.238. The highest BCUT2D eigenvalue weighted by Gasteiger charge is 2.34. The van der Waals surface area contributed by atoms with E-state index in [-0.39, 0.29) is 30.0 Å². The Hall–Kier alpha value is -3.53. The monoisotopic (exact) mass is 439 g/mol. The van der Waals surface area contributed by atoms with E-state index in [1.165, 1.54) is 22.3 Å². The van der Waals surface area contributed by atoms with Crippen LogP contribution < -0.4 is 5.32 Å². The fourth-order valence-corrected chi connectivity index (χ4v) is 5.22. The van der Waals surface area contributed by atoms with Crippen molar-refractivity contribution in [2.24, 2.45) is 0 Å². The van der Waals surface area contributed by atoms with Crippen molar-refractivity contribution in [1.29, 1.82) is 0 Å². The number of carbonyl (C=O) groups is 3. The number of benzene rings is 1. The summed E-state index contributed by atoms with van der Waals surface area (Å²) in [5.41, 5.74) is 2.37. The van der Waals surface area contributed by atoms with Gasteiger partial charge in [-0.25, -0.2) is 4.39 Å². The molecular formula is C21H18FN5O3S. The second-order valence-electron chi connectivity index (χ2n) is 7.54. The van der Waals surface area contributed by atoms with Gasteiger partial charge in [0, 0.05) is 24.0 Å². The maximum atomic E-state index is 14.0. The molecule has 0 fully saturated rings. The second kappa shape index (κ2) is 7.31. The third-order valence-electron chi connectivity index (χ3n) is 5.50. The van der Waals surface area contributed by atoms with Gasteiger partial charge in [0.15, 0.2) is 0 Å². The average molecular weight is 439 g/mol. The van der Waals surface area contributed by atoms with Crippen molar-refractivity contribution >= 4 is 34.1 Å². The Morgan fingerprint density at radius 2 is 2.03 bits per heavy atom. The predicted octanol–water partition coefficient (Wildman–Crippen LogP) is 2.50. The summed E-state index contributed by atoms with van der Waals surface area (Å²) in [6, 6.07) is 7.79. The molecule has 2 aliphatic rings. The molecule has 0 bridgehead atoms. The number of carbonyl (C=O) groups excluding carboxylic acids is 3. The molecule has 0 unspecified atom stereocenters. The van der Waals surface area contributed by atoms with Crippen molar-refractivity contribution in [3.05, 3.63) is 57.8 Å². The zero-order valence-electron chi connectivity index (χ0n) is 16.6. The summed E-state index contributed by atoms with van der Waals surface area (Å²) in [4.78, 5) is 41.7. The first kappa shape index (κ1) is 19.4. The minimum Gasteiger partial charge on any atom is -0.332 e. The molecule has 0 atom stereocenters. The molecule has 3 aromatic rings. The number of aromatic amines is 1. The van der Waals surface area contributed by atoms with Gasteiger partial charge in [0.2, 0.25) is 5.91 Å². The average Bonchev–Trinajstić information content (AvgIpc) is 3.34. The molecule has 3 amide bonds. The highest BCUT2D eigenvalue weighted by molar-refractivity contribution is 7.17. The molecular weight excluding hydrogens is 421 g/mol. The van der Waals surface area contributed by atoms with Crippen LogP contribution in [-0.4, -0.2) is 57.9 Å². The van der Waals surface area contributed by atoms with Crippen LogP contribution in [0.5, 0.6) is 0 Å². The molecule has 0 aliphatic carbocycles. The molecule has 10 heteroatoms. The lowest BCUT2D eigenvalue weighted by Crippen LogP contribution is -2.36. The Labute approximate surface area is 180 Å².